The van der Waals surface area contributed by atoms with Gasteiger partial charge in [0.05, 0.1) is 19.8 Å². The second-order valence-corrected chi connectivity index (χ2v) is 19.1. The molecule has 0 spiro atoms. The summed E-state index contributed by atoms with van der Waals surface area (Å²) in [5.41, 5.74) is 0. The number of hydrogen-bond donors (Lipinski definition) is 4. The van der Waals surface area contributed by atoms with E-state index in [1.54, 1.807) is 0 Å². The van der Waals surface area contributed by atoms with Crippen molar-refractivity contribution in [2.75, 3.05) is 26.4 Å². The largest absolute Gasteiger partial charge is 0.457 e. The minimum absolute atomic E-state index is 0.000821. The van der Waals surface area contributed by atoms with Gasteiger partial charge in [0.1, 0.15) is 30.5 Å². The van der Waals surface area contributed by atoms with E-state index in [1.807, 2.05) is 0 Å². The van der Waals surface area contributed by atoms with Gasteiger partial charge in [0, 0.05) is 13.0 Å². The lowest BCUT2D eigenvalue weighted by Gasteiger charge is -2.41. The number of rotatable bonds is 46. The third-order valence-electron chi connectivity index (χ3n) is 11.7. The van der Waals surface area contributed by atoms with Gasteiger partial charge in [-0.3, -0.25) is 9.35 Å². The van der Waals surface area contributed by atoms with Crippen LogP contribution in [0, 0.1) is 0 Å². The van der Waals surface area contributed by atoms with E-state index in [9.17, 15) is 33.1 Å². The molecule has 70 heavy (non-hydrogen) atoms. The van der Waals surface area contributed by atoms with Crippen LogP contribution in [0.1, 0.15) is 194 Å². The summed E-state index contributed by atoms with van der Waals surface area (Å²) in [5.74, 6) is -0.422. The van der Waals surface area contributed by atoms with Crippen molar-refractivity contribution in [3.8, 4) is 0 Å². The van der Waals surface area contributed by atoms with E-state index < -0.39 is 59.8 Å². The number of allylic oxidation sites excluding steroid dienone is 16. The van der Waals surface area contributed by atoms with E-state index in [2.05, 4.69) is 115 Å². The highest BCUT2D eigenvalue weighted by Crippen LogP contribution is 2.26. The first kappa shape index (κ1) is 65.0. The van der Waals surface area contributed by atoms with Gasteiger partial charge in [-0.15, -0.1) is 0 Å². The summed E-state index contributed by atoms with van der Waals surface area (Å²) in [5, 5.41) is 30.8. The van der Waals surface area contributed by atoms with Crippen LogP contribution in [-0.2, 0) is 38.3 Å². The van der Waals surface area contributed by atoms with Crippen molar-refractivity contribution in [3.05, 3.63) is 97.2 Å². The van der Waals surface area contributed by atoms with Crippen LogP contribution < -0.4 is 0 Å². The quantitative estimate of drug-likeness (QED) is 0.0197. The Morgan fingerprint density at radius 2 is 0.986 bits per heavy atom. The zero-order valence-electron chi connectivity index (χ0n) is 43.3. The van der Waals surface area contributed by atoms with Crippen LogP contribution in [0.2, 0.25) is 0 Å². The molecule has 1 heterocycles. The molecule has 4 N–H and O–H groups in total. The SMILES string of the molecule is CC/C=C\C/C=C\C/C=C\C/C=C\C/C=C\CCCCOCC(COC1OC(CO)C(O)C(OS(=O)(=O)O)C1O)OC(=O)CCCCCCCCCCCC/C=C\C/C=C\C/C=C\CCCCCCC. The summed E-state index contributed by atoms with van der Waals surface area (Å²) in [6, 6.07) is 0. The molecule has 1 aliphatic heterocycles. The topological polar surface area (TPSA) is 178 Å². The number of hydrogen-bond acceptors (Lipinski definition) is 11. The molecule has 0 aromatic rings. The number of carbonyl (C=O) groups is 1. The van der Waals surface area contributed by atoms with Crippen LogP contribution in [0.3, 0.4) is 0 Å². The molecule has 1 fully saturated rings. The molecule has 1 aliphatic rings. The molecule has 0 radical (unpaired) electrons. The molecule has 1 saturated heterocycles. The van der Waals surface area contributed by atoms with Crippen molar-refractivity contribution in [2.45, 2.75) is 230 Å². The standard InChI is InChI=1S/C57H96O12S/c1-3-5-7-9-11-13-15-17-19-21-23-24-25-26-27-28-29-30-32-34-36-38-40-42-44-46-53(59)67-51(50-66-57-55(61)56(69-70(62,63)64)54(60)52(48-58)68-57)49-65-47-45-43-41-39-37-35-33-31-22-20-18-16-14-12-10-8-6-4-2/h6,8,12,14-15,17-18,20-21,23,25-26,31,33,37,39,51-52,54-58,60-61H,3-5,7,9-11,13,16,19,22,24,27-30,32,34-36,38,40-50H2,1-2H3,(H,62,63,64)/b8-6-,14-12-,17-15-,20-18-,23-21-,26-25-,33-31-,39-37-. The Kier molecular flexibility index (Phi) is 43.7. The second-order valence-electron chi connectivity index (χ2n) is 18.1. The molecule has 6 unspecified atom stereocenters. The van der Waals surface area contributed by atoms with E-state index in [1.165, 1.54) is 77.0 Å². The molecule has 13 heteroatoms. The summed E-state index contributed by atoms with van der Waals surface area (Å²) >= 11 is 0. The first-order valence-corrected chi connectivity index (χ1v) is 28.4. The first-order chi connectivity index (χ1) is 34.1. The van der Waals surface area contributed by atoms with Crippen molar-refractivity contribution in [3.63, 3.8) is 0 Å². The van der Waals surface area contributed by atoms with Crippen molar-refractivity contribution >= 4 is 16.4 Å². The van der Waals surface area contributed by atoms with Crippen LogP contribution in [0.25, 0.3) is 0 Å². The highest BCUT2D eigenvalue weighted by molar-refractivity contribution is 7.80. The normalized spacial score (nSPS) is 19.9. The fraction of sp³-hybridized carbons (Fsp3) is 0.702. The molecular formula is C57H96O12S. The molecule has 0 aliphatic carbocycles. The van der Waals surface area contributed by atoms with Gasteiger partial charge in [0.15, 0.2) is 6.29 Å². The smallest absolute Gasteiger partial charge is 0.397 e. The Balaban J connectivity index is 2.37. The van der Waals surface area contributed by atoms with Gasteiger partial charge in [-0.1, -0.05) is 188 Å². The molecule has 1 rings (SSSR count). The molecule has 12 nitrogen and oxygen atoms in total. The molecule has 0 bridgehead atoms. The van der Waals surface area contributed by atoms with E-state index >= 15 is 0 Å². The third kappa shape index (κ3) is 39.6. The van der Waals surface area contributed by atoms with Gasteiger partial charge in [0.25, 0.3) is 0 Å². The Morgan fingerprint density at radius 1 is 0.557 bits per heavy atom. The van der Waals surface area contributed by atoms with Crippen LogP contribution >= 0.6 is 0 Å². The van der Waals surface area contributed by atoms with Gasteiger partial charge >= 0.3 is 16.4 Å². The summed E-state index contributed by atoms with van der Waals surface area (Å²) in [4.78, 5) is 12.9. The van der Waals surface area contributed by atoms with E-state index in [0.717, 1.165) is 89.9 Å². The number of unbranched alkanes of at least 4 members (excludes halogenated alkanes) is 17. The van der Waals surface area contributed by atoms with Gasteiger partial charge in [-0.2, -0.15) is 8.42 Å². The first-order valence-electron chi connectivity index (χ1n) is 27.0. The molecule has 0 saturated carbocycles. The van der Waals surface area contributed by atoms with E-state index in [-0.39, 0.29) is 19.6 Å². The highest BCUT2D eigenvalue weighted by atomic mass is 32.3. The summed E-state index contributed by atoms with van der Waals surface area (Å²) in [6.07, 6.45) is 55.9. The van der Waals surface area contributed by atoms with Gasteiger partial charge in [-0.25, -0.2) is 4.18 Å². The van der Waals surface area contributed by atoms with E-state index in [4.69, 9.17) is 18.9 Å². The Labute approximate surface area is 425 Å². The maximum atomic E-state index is 12.9. The zero-order valence-corrected chi connectivity index (χ0v) is 44.1. The predicted octanol–water partition coefficient (Wildman–Crippen LogP) is 13.0. The average molecular weight is 1010 g/mol. The Bertz CT molecular complexity index is 1580. The lowest BCUT2D eigenvalue weighted by molar-refractivity contribution is -0.301. The van der Waals surface area contributed by atoms with Crippen LogP contribution in [0.15, 0.2) is 97.2 Å². The minimum atomic E-state index is -5.08. The predicted molar refractivity (Wildman–Crippen MR) is 285 cm³/mol. The molecule has 6 atom stereocenters. The number of ether oxygens (including phenoxy) is 4. The van der Waals surface area contributed by atoms with Crippen molar-refractivity contribution in [2.24, 2.45) is 0 Å². The molecular weight excluding hydrogens is 909 g/mol. The highest BCUT2D eigenvalue weighted by Gasteiger charge is 2.48. The molecule has 0 amide bonds. The Morgan fingerprint density at radius 3 is 1.44 bits per heavy atom. The van der Waals surface area contributed by atoms with Crippen LogP contribution in [0.4, 0.5) is 0 Å². The maximum Gasteiger partial charge on any atom is 0.397 e. The molecule has 0 aromatic carbocycles. The summed E-state index contributed by atoms with van der Waals surface area (Å²) < 4.78 is 59.2. The fourth-order valence-electron chi connectivity index (χ4n) is 7.65. The zero-order chi connectivity index (χ0) is 51.0. The average Bonchev–Trinajstić information content (AvgIpc) is 3.34. The van der Waals surface area contributed by atoms with E-state index in [0.29, 0.717) is 13.0 Å². The van der Waals surface area contributed by atoms with Gasteiger partial charge in [0.2, 0.25) is 0 Å². The monoisotopic (exact) mass is 1000 g/mol. The number of aliphatic hydroxyl groups excluding tert-OH is 3. The minimum Gasteiger partial charge on any atom is -0.457 e. The maximum absolute atomic E-state index is 12.9. The lowest BCUT2D eigenvalue weighted by Crippen LogP contribution is -2.60. The number of esters is 1. The van der Waals surface area contributed by atoms with Crippen molar-refractivity contribution < 1.29 is 56.2 Å². The number of aliphatic hydroxyl groups is 3. The third-order valence-corrected chi connectivity index (χ3v) is 12.2. The van der Waals surface area contributed by atoms with Crippen LogP contribution in [-0.4, -0.2) is 97.5 Å². The molecule has 0 aromatic heterocycles. The van der Waals surface area contributed by atoms with Crippen LogP contribution in [0.5, 0.6) is 0 Å². The van der Waals surface area contributed by atoms with Crippen molar-refractivity contribution in [1.29, 1.82) is 0 Å². The van der Waals surface area contributed by atoms with Gasteiger partial charge in [-0.05, 0) is 96.3 Å². The lowest BCUT2D eigenvalue weighted by atomic mass is 9.99. The molecule has 402 valence electrons. The van der Waals surface area contributed by atoms with Crippen molar-refractivity contribution in [1.82, 2.24) is 0 Å². The van der Waals surface area contributed by atoms with Gasteiger partial charge < -0.3 is 34.3 Å². The number of carbonyl (C=O) groups excluding carboxylic acids is 1. The summed E-state index contributed by atoms with van der Waals surface area (Å²) in [7, 11) is -5.08. The second kappa shape index (κ2) is 47.1. The fourth-order valence-corrected chi connectivity index (χ4v) is 8.16. The summed E-state index contributed by atoms with van der Waals surface area (Å²) in [6.45, 7) is 3.75. The Hall–Kier alpha value is -2.98.